The molecule has 0 bridgehead atoms. The van der Waals surface area contributed by atoms with Gasteiger partial charge in [-0.05, 0) is 15.9 Å². The third-order valence-electron chi connectivity index (χ3n) is 2.90. The van der Waals surface area contributed by atoms with E-state index < -0.39 is 0 Å². The molecule has 0 spiro atoms. The molecule has 0 saturated carbocycles. The summed E-state index contributed by atoms with van der Waals surface area (Å²) in [7, 11) is 1.83. The van der Waals surface area contributed by atoms with E-state index in [0.29, 0.717) is 17.7 Å². The van der Waals surface area contributed by atoms with Gasteiger partial charge in [-0.2, -0.15) is 5.10 Å². The van der Waals surface area contributed by atoms with E-state index >= 15 is 0 Å². The predicted molar refractivity (Wildman–Crippen MR) is 69.2 cm³/mol. The summed E-state index contributed by atoms with van der Waals surface area (Å²) in [6, 6.07) is 0. The van der Waals surface area contributed by atoms with Crippen molar-refractivity contribution < 1.29 is 4.79 Å². The molecule has 1 fully saturated rings. The molecular weight excluding hydrogens is 300 g/mol. The highest BCUT2D eigenvalue weighted by molar-refractivity contribution is 9.10. The van der Waals surface area contributed by atoms with Gasteiger partial charge in [0.1, 0.15) is 16.7 Å². The molecule has 0 radical (unpaired) electrons. The Morgan fingerprint density at radius 2 is 2.28 bits per heavy atom. The van der Waals surface area contributed by atoms with E-state index in [-0.39, 0.29) is 5.91 Å². The van der Waals surface area contributed by atoms with Gasteiger partial charge in [0.25, 0.3) is 0 Å². The predicted octanol–water partition coefficient (Wildman–Crippen LogP) is 0.0620. The van der Waals surface area contributed by atoms with Gasteiger partial charge in [0.05, 0.1) is 11.9 Å². The number of aryl methyl sites for hydroxylation is 1. The van der Waals surface area contributed by atoms with Gasteiger partial charge in [-0.25, -0.2) is 14.6 Å². The molecule has 2 aromatic heterocycles. The Morgan fingerprint density at radius 1 is 1.44 bits per heavy atom. The van der Waals surface area contributed by atoms with Crippen LogP contribution in [0.15, 0.2) is 10.9 Å². The highest BCUT2D eigenvalue weighted by Crippen LogP contribution is 2.29. The average Bonchev–Trinajstić information content (AvgIpc) is 2.65. The van der Waals surface area contributed by atoms with Gasteiger partial charge in [0.2, 0.25) is 5.91 Å². The molecule has 3 heterocycles. The molecule has 2 aromatic rings. The summed E-state index contributed by atoms with van der Waals surface area (Å²) in [5, 5.41) is 7.90. The van der Waals surface area contributed by atoms with Crippen molar-refractivity contribution >= 4 is 38.7 Å². The summed E-state index contributed by atoms with van der Waals surface area (Å²) in [6.07, 6.45) is 1.50. The standard InChI is InChI=1S/C10H11BrN6O/c1-16-9-7(8(11)15-16)10(14-5-13-9)17-3-2-12-6(18)4-17/h5H,2-4H2,1H3,(H,12,18). The minimum absolute atomic E-state index is 0.00743. The zero-order valence-electron chi connectivity index (χ0n) is 9.72. The summed E-state index contributed by atoms with van der Waals surface area (Å²) in [4.78, 5) is 21.9. The molecule has 0 unspecified atom stereocenters. The van der Waals surface area contributed by atoms with E-state index in [9.17, 15) is 4.79 Å². The van der Waals surface area contributed by atoms with Crippen molar-refractivity contribution in [3.63, 3.8) is 0 Å². The van der Waals surface area contributed by atoms with E-state index in [0.717, 1.165) is 23.4 Å². The lowest BCUT2D eigenvalue weighted by molar-refractivity contribution is -0.120. The zero-order chi connectivity index (χ0) is 12.7. The number of nitrogens with one attached hydrogen (secondary N) is 1. The maximum Gasteiger partial charge on any atom is 0.239 e. The second-order valence-electron chi connectivity index (χ2n) is 4.08. The van der Waals surface area contributed by atoms with Crippen molar-refractivity contribution in [1.82, 2.24) is 25.1 Å². The zero-order valence-corrected chi connectivity index (χ0v) is 11.3. The molecule has 0 aliphatic carbocycles. The second kappa shape index (κ2) is 4.20. The first-order chi connectivity index (χ1) is 8.66. The average molecular weight is 311 g/mol. The minimum Gasteiger partial charge on any atom is -0.353 e. The van der Waals surface area contributed by atoms with E-state index in [2.05, 4.69) is 36.3 Å². The van der Waals surface area contributed by atoms with Crippen LogP contribution >= 0.6 is 15.9 Å². The molecule has 7 nitrogen and oxygen atoms in total. The fourth-order valence-electron chi connectivity index (χ4n) is 2.09. The molecule has 1 saturated heterocycles. The topological polar surface area (TPSA) is 75.9 Å². The quantitative estimate of drug-likeness (QED) is 0.806. The Kier molecular flexibility index (Phi) is 2.66. The van der Waals surface area contributed by atoms with Gasteiger partial charge in [0.15, 0.2) is 5.65 Å². The first-order valence-electron chi connectivity index (χ1n) is 5.51. The maximum atomic E-state index is 11.4. The van der Waals surface area contributed by atoms with Crippen LogP contribution in [0.2, 0.25) is 0 Å². The number of amides is 1. The van der Waals surface area contributed by atoms with Gasteiger partial charge >= 0.3 is 0 Å². The largest absolute Gasteiger partial charge is 0.353 e. The molecule has 3 rings (SSSR count). The molecule has 94 valence electrons. The molecule has 1 aliphatic rings. The van der Waals surface area contributed by atoms with Crippen molar-refractivity contribution in [3.8, 4) is 0 Å². The number of aromatic nitrogens is 4. The highest BCUT2D eigenvalue weighted by atomic mass is 79.9. The third-order valence-corrected chi connectivity index (χ3v) is 3.45. The van der Waals surface area contributed by atoms with Crippen LogP contribution in [0.4, 0.5) is 5.82 Å². The van der Waals surface area contributed by atoms with Gasteiger partial charge < -0.3 is 10.2 Å². The molecule has 1 amide bonds. The Balaban J connectivity index is 2.14. The van der Waals surface area contributed by atoms with Crippen LogP contribution < -0.4 is 10.2 Å². The lowest BCUT2D eigenvalue weighted by Gasteiger charge is -2.27. The van der Waals surface area contributed by atoms with Crippen LogP contribution in [0.5, 0.6) is 0 Å². The van der Waals surface area contributed by atoms with E-state index in [1.54, 1.807) is 4.68 Å². The van der Waals surface area contributed by atoms with Gasteiger partial charge in [-0.15, -0.1) is 0 Å². The van der Waals surface area contributed by atoms with Crippen LogP contribution in [0, 0.1) is 0 Å². The molecule has 0 atom stereocenters. The van der Waals surface area contributed by atoms with Crippen molar-refractivity contribution in [2.75, 3.05) is 24.5 Å². The molecule has 0 aromatic carbocycles. The SMILES string of the molecule is Cn1nc(Br)c2c(N3CCNC(=O)C3)ncnc21. The first kappa shape index (κ1) is 11.4. The Bertz CT molecular complexity index is 624. The summed E-state index contributed by atoms with van der Waals surface area (Å²) in [5.41, 5.74) is 0.748. The van der Waals surface area contributed by atoms with Gasteiger partial charge in [-0.1, -0.05) is 0 Å². The van der Waals surface area contributed by atoms with Crippen LogP contribution in [0.1, 0.15) is 0 Å². The summed E-state index contributed by atoms with van der Waals surface area (Å²) in [6.45, 7) is 1.68. The third kappa shape index (κ3) is 1.72. The van der Waals surface area contributed by atoms with Crippen LogP contribution in [-0.2, 0) is 11.8 Å². The first-order valence-corrected chi connectivity index (χ1v) is 6.31. The number of hydrogen-bond donors (Lipinski definition) is 1. The highest BCUT2D eigenvalue weighted by Gasteiger charge is 2.22. The summed E-state index contributed by atoms with van der Waals surface area (Å²) < 4.78 is 2.39. The van der Waals surface area contributed by atoms with Crippen LogP contribution in [0.25, 0.3) is 11.0 Å². The van der Waals surface area contributed by atoms with Crippen molar-refractivity contribution in [3.05, 3.63) is 10.9 Å². The number of nitrogens with zero attached hydrogens (tertiary/aromatic N) is 5. The van der Waals surface area contributed by atoms with Crippen LogP contribution in [0.3, 0.4) is 0 Å². The number of piperazine rings is 1. The van der Waals surface area contributed by atoms with Crippen LogP contribution in [-0.4, -0.2) is 45.3 Å². The van der Waals surface area contributed by atoms with E-state index in [4.69, 9.17) is 0 Å². The van der Waals surface area contributed by atoms with Crippen molar-refractivity contribution in [2.45, 2.75) is 0 Å². The van der Waals surface area contributed by atoms with Gasteiger partial charge in [0, 0.05) is 20.1 Å². The second-order valence-corrected chi connectivity index (χ2v) is 4.83. The maximum absolute atomic E-state index is 11.4. The number of hydrogen-bond acceptors (Lipinski definition) is 5. The number of fused-ring (bicyclic) bond motifs is 1. The monoisotopic (exact) mass is 310 g/mol. The lowest BCUT2D eigenvalue weighted by Crippen LogP contribution is -2.48. The number of halogens is 1. The molecule has 18 heavy (non-hydrogen) atoms. The molecular formula is C10H11BrN6O. The fraction of sp³-hybridized carbons (Fsp3) is 0.400. The van der Waals surface area contributed by atoms with E-state index in [1.165, 1.54) is 6.33 Å². The smallest absolute Gasteiger partial charge is 0.239 e. The Morgan fingerprint density at radius 3 is 3.06 bits per heavy atom. The Labute approximate surface area is 111 Å². The molecule has 8 heteroatoms. The molecule has 1 aliphatic heterocycles. The lowest BCUT2D eigenvalue weighted by atomic mass is 10.3. The van der Waals surface area contributed by atoms with Crippen molar-refractivity contribution in [2.24, 2.45) is 7.05 Å². The molecule has 1 N–H and O–H groups in total. The van der Waals surface area contributed by atoms with Gasteiger partial charge in [-0.3, -0.25) is 4.79 Å². The normalized spacial score (nSPS) is 16.1. The Hall–Kier alpha value is -1.70. The number of anilines is 1. The summed E-state index contributed by atoms with van der Waals surface area (Å²) >= 11 is 3.41. The number of carbonyl (C=O) groups is 1. The fourth-order valence-corrected chi connectivity index (χ4v) is 2.68. The van der Waals surface area contributed by atoms with E-state index in [1.807, 2.05) is 11.9 Å². The minimum atomic E-state index is 0.00743. The summed E-state index contributed by atoms with van der Waals surface area (Å²) in [5.74, 6) is 0.753. The number of rotatable bonds is 1. The number of carbonyl (C=O) groups excluding carboxylic acids is 1. The van der Waals surface area contributed by atoms with Crippen molar-refractivity contribution in [1.29, 1.82) is 0 Å².